The van der Waals surface area contributed by atoms with Gasteiger partial charge in [-0.3, -0.25) is 0 Å². The molecular formula is C14H19N. The zero-order valence-corrected chi connectivity index (χ0v) is 9.59. The van der Waals surface area contributed by atoms with Gasteiger partial charge < -0.3 is 5.32 Å². The quantitative estimate of drug-likeness (QED) is 0.722. The highest BCUT2D eigenvalue weighted by atomic mass is 14.9. The second-order valence-electron chi connectivity index (χ2n) is 3.86. The lowest BCUT2D eigenvalue weighted by molar-refractivity contribution is 0.534. The Morgan fingerprint density at radius 2 is 2.13 bits per heavy atom. The zero-order valence-electron chi connectivity index (χ0n) is 9.59. The third-order valence-corrected chi connectivity index (χ3v) is 2.80. The van der Waals surface area contributed by atoms with Crippen LogP contribution in [0.2, 0.25) is 0 Å². The Labute approximate surface area is 92.9 Å². The van der Waals surface area contributed by atoms with E-state index in [0.29, 0.717) is 6.04 Å². The second kappa shape index (κ2) is 6.27. The van der Waals surface area contributed by atoms with E-state index < -0.39 is 0 Å². The monoisotopic (exact) mass is 201 g/mol. The number of hydrogen-bond acceptors (Lipinski definition) is 1. The third-order valence-electron chi connectivity index (χ3n) is 2.80. The zero-order chi connectivity index (χ0) is 11.1. The van der Waals surface area contributed by atoms with Gasteiger partial charge in [0.25, 0.3) is 0 Å². The highest BCUT2D eigenvalue weighted by Gasteiger charge is 2.05. The Morgan fingerprint density at radius 3 is 2.73 bits per heavy atom. The summed E-state index contributed by atoms with van der Waals surface area (Å²) >= 11 is 0. The standard InChI is InChI=1S/C14H19N/c1-4-7-14(15-3)11-10-13-9-6-5-8-12(13)2/h1,5-6,8-9,14-15H,7,10-11H2,2-3H3. The first-order valence-electron chi connectivity index (χ1n) is 5.43. The molecule has 1 aromatic carbocycles. The van der Waals surface area contributed by atoms with E-state index in [4.69, 9.17) is 6.42 Å². The molecule has 0 aliphatic rings. The van der Waals surface area contributed by atoms with E-state index >= 15 is 0 Å². The van der Waals surface area contributed by atoms with Crippen molar-refractivity contribution in [3.8, 4) is 12.3 Å². The van der Waals surface area contributed by atoms with Crippen LogP contribution in [0.5, 0.6) is 0 Å². The molecule has 1 unspecified atom stereocenters. The molecule has 0 radical (unpaired) electrons. The maximum absolute atomic E-state index is 5.31. The van der Waals surface area contributed by atoms with Gasteiger partial charge in [0.05, 0.1) is 0 Å². The van der Waals surface area contributed by atoms with E-state index in [9.17, 15) is 0 Å². The van der Waals surface area contributed by atoms with Crippen LogP contribution >= 0.6 is 0 Å². The average molecular weight is 201 g/mol. The smallest absolute Gasteiger partial charge is 0.0240 e. The summed E-state index contributed by atoms with van der Waals surface area (Å²) in [5.41, 5.74) is 2.79. The van der Waals surface area contributed by atoms with Crippen molar-refractivity contribution in [2.75, 3.05) is 7.05 Å². The molecule has 0 fully saturated rings. The summed E-state index contributed by atoms with van der Waals surface area (Å²) in [6, 6.07) is 8.96. The Morgan fingerprint density at radius 1 is 1.40 bits per heavy atom. The lowest BCUT2D eigenvalue weighted by Gasteiger charge is -2.13. The van der Waals surface area contributed by atoms with Crippen LogP contribution < -0.4 is 5.32 Å². The Hall–Kier alpha value is -1.26. The molecule has 0 saturated carbocycles. The van der Waals surface area contributed by atoms with Crippen molar-refractivity contribution in [2.24, 2.45) is 0 Å². The average Bonchev–Trinajstić information content (AvgIpc) is 2.26. The van der Waals surface area contributed by atoms with Crippen LogP contribution in [0.4, 0.5) is 0 Å². The molecule has 0 spiro atoms. The molecule has 0 aliphatic heterocycles. The normalized spacial score (nSPS) is 12.1. The summed E-state index contributed by atoms with van der Waals surface area (Å²) in [5, 5.41) is 3.25. The van der Waals surface area contributed by atoms with Gasteiger partial charge in [0.2, 0.25) is 0 Å². The number of nitrogens with one attached hydrogen (secondary N) is 1. The van der Waals surface area contributed by atoms with Crippen molar-refractivity contribution < 1.29 is 0 Å². The molecule has 1 N–H and O–H groups in total. The van der Waals surface area contributed by atoms with E-state index in [2.05, 4.69) is 42.4 Å². The van der Waals surface area contributed by atoms with Crippen LogP contribution in [-0.2, 0) is 6.42 Å². The predicted octanol–water partition coefficient (Wildman–Crippen LogP) is 2.54. The maximum atomic E-state index is 5.31. The van der Waals surface area contributed by atoms with E-state index in [1.165, 1.54) is 11.1 Å². The van der Waals surface area contributed by atoms with E-state index in [0.717, 1.165) is 19.3 Å². The van der Waals surface area contributed by atoms with Crippen LogP contribution in [0.3, 0.4) is 0 Å². The van der Waals surface area contributed by atoms with Crippen molar-refractivity contribution in [3.05, 3.63) is 35.4 Å². The number of rotatable bonds is 5. The van der Waals surface area contributed by atoms with Crippen LogP contribution in [0.25, 0.3) is 0 Å². The van der Waals surface area contributed by atoms with Crippen LogP contribution in [0, 0.1) is 19.3 Å². The molecule has 1 rings (SSSR count). The topological polar surface area (TPSA) is 12.0 Å². The van der Waals surface area contributed by atoms with Crippen LogP contribution in [0.15, 0.2) is 24.3 Å². The van der Waals surface area contributed by atoms with Crippen molar-refractivity contribution in [2.45, 2.75) is 32.2 Å². The van der Waals surface area contributed by atoms with Crippen molar-refractivity contribution in [3.63, 3.8) is 0 Å². The highest BCUT2D eigenvalue weighted by Crippen LogP contribution is 2.11. The summed E-state index contributed by atoms with van der Waals surface area (Å²) in [6.07, 6.45) is 8.32. The van der Waals surface area contributed by atoms with E-state index in [1.807, 2.05) is 7.05 Å². The fourth-order valence-electron chi connectivity index (χ4n) is 1.71. The Kier molecular flexibility index (Phi) is 4.93. The summed E-state index contributed by atoms with van der Waals surface area (Å²) in [7, 11) is 1.97. The fourth-order valence-corrected chi connectivity index (χ4v) is 1.71. The number of aryl methyl sites for hydroxylation is 2. The Bertz CT molecular complexity index is 335. The van der Waals surface area contributed by atoms with Crippen molar-refractivity contribution >= 4 is 0 Å². The molecule has 0 heterocycles. The van der Waals surface area contributed by atoms with E-state index in [1.54, 1.807) is 0 Å². The third kappa shape index (κ3) is 3.77. The van der Waals surface area contributed by atoms with Gasteiger partial charge in [-0.15, -0.1) is 12.3 Å². The molecule has 0 amide bonds. The van der Waals surface area contributed by atoms with Crippen molar-refractivity contribution in [1.82, 2.24) is 5.32 Å². The van der Waals surface area contributed by atoms with Crippen LogP contribution in [-0.4, -0.2) is 13.1 Å². The fraction of sp³-hybridized carbons (Fsp3) is 0.429. The molecule has 1 aromatic rings. The first kappa shape index (κ1) is 11.8. The van der Waals surface area contributed by atoms with Gasteiger partial charge in [-0.1, -0.05) is 24.3 Å². The lowest BCUT2D eigenvalue weighted by atomic mass is 10.00. The number of terminal acetylenes is 1. The van der Waals surface area contributed by atoms with Gasteiger partial charge in [0.15, 0.2) is 0 Å². The molecule has 1 atom stereocenters. The highest BCUT2D eigenvalue weighted by molar-refractivity contribution is 5.25. The van der Waals surface area contributed by atoms with Gasteiger partial charge in [-0.05, 0) is 37.9 Å². The largest absolute Gasteiger partial charge is 0.316 e. The molecule has 1 nitrogen and oxygen atoms in total. The van der Waals surface area contributed by atoms with E-state index in [-0.39, 0.29) is 0 Å². The summed E-state index contributed by atoms with van der Waals surface area (Å²) in [6.45, 7) is 2.16. The second-order valence-corrected chi connectivity index (χ2v) is 3.86. The SMILES string of the molecule is C#CCC(CCc1ccccc1C)NC. The van der Waals surface area contributed by atoms with Gasteiger partial charge in [0.1, 0.15) is 0 Å². The maximum Gasteiger partial charge on any atom is 0.0240 e. The number of hydrogen-bond donors (Lipinski definition) is 1. The minimum atomic E-state index is 0.439. The molecule has 80 valence electrons. The summed E-state index contributed by atoms with van der Waals surface area (Å²) in [5.74, 6) is 2.71. The first-order chi connectivity index (χ1) is 7.27. The first-order valence-corrected chi connectivity index (χ1v) is 5.43. The van der Waals surface area contributed by atoms with Gasteiger partial charge in [-0.25, -0.2) is 0 Å². The summed E-state index contributed by atoms with van der Waals surface area (Å²) in [4.78, 5) is 0. The Balaban J connectivity index is 2.49. The lowest BCUT2D eigenvalue weighted by Crippen LogP contribution is -2.25. The molecule has 0 bridgehead atoms. The minimum absolute atomic E-state index is 0.439. The molecule has 1 heteroatoms. The van der Waals surface area contributed by atoms with Gasteiger partial charge in [-0.2, -0.15) is 0 Å². The number of benzene rings is 1. The molecule has 15 heavy (non-hydrogen) atoms. The predicted molar refractivity (Wildman–Crippen MR) is 65.8 cm³/mol. The van der Waals surface area contributed by atoms with Crippen molar-refractivity contribution in [1.29, 1.82) is 0 Å². The molecule has 0 saturated heterocycles. The summed E-state index contributed by atoms with van der Waals surface area (Å²) < 4.78 is 0. The molecule has 0 aromatic heterocycles. The van der Waals surface area contributed by atoms with Gasteiger partial charge >= 0.3 is 0 Å². The van der Waals surface area contributed by atoms with Gasteiger partial charge in [0, 0.05) is 12.5 Å². The minimum Gasteiger partial charge on any atom is -0.316 e. The molecule has 0 aliphatic carbocycles. The van der Waals surface area contributed by atoms with Crippen LogP contribution in [0.1, 0.15) is 24.0 Å². The molecular weight excluding hydrogens is 182 g/mol.